The van der Waals surface area contributed by atoms with Gasteiger partial charge >= 0.3 is 6.36 Å². The Kier molecular flexibility index (Phi) is 3.41. The minimum absolute atomic E-state index is 0.148. The van der Waals surface area contributed by atoms with Gasteiger partial charge in [0.25, 0.3) is 0 Å². The van der Waals surface area contributed by atoms with Crippen LogP contribution in [-0.2, 0) is 10.0 Å². The molecule has 0 aliphatic carbocycles. The molecule has 0 saturated heterocycles. The molecule has 0 aromatic heterocycles. The number of nitrogens with two attached hydrogens (primary N) is 1. The molecule has 0 bridgehead atoms. The zero-order valence-corrected chi connectivity index (χ0v) is 9.23. The molecule has 4 nitrogen and oxygen atoms in total. The molecule has 9 heteroatoms. The molecule has 1 aromatic rings. The van der Waals surface area contributed by atoms with Crippen LogP contribution in [0.1, 0.15) is 0 Å². The van der Waals surface area contributed by atoms with Gasteiger partial charge in [-0.2, -0.15) is 0 Å². The van der Waals surface area contributed by atoms with Gasteiger partial charge in [-0.1, -0.05) is 0 Å². The molecule has 16 heavy (non-hydrogen) atoms. The fraction of sp³-hybridized carbons (Fsp3) is 0.143. The highest BCUT2D eigenvalue weighted by Crippen LogP contribution is 2.30. The second-order valence-electron chi connectivity index (χ2n) is 2.72. The molecule has 0 fully saturated rings. The quantitative estimate of drug-likeness (QED) is 0.803. The minimum atomic E-state index is -4.92. The number of thiol groups is 1. The fourth-order valence-corrected chi connectivity index (χ4v) is 1.59. The topological polar surface area (TPSA) is 69.4 Å². The Bertz CT molecular complexity index is 498. The number of primary sulfonamides is 1. The number of rotatable bonds is 2. The maximum Gasteiger partial charge on any atom is 0.573 e. The van der Waals surface area contributed by atoms with Gasteiger partial charge in [0.05, 0.1) is 4.90 Å². The second kappa shape index (κ2) is 4.15. The first-order valence-corrected chi connectivity index (χ1v) is 5.70. The number of hydrogen-bond acceptors (Lipinski definition) is 4. The van der Waals surface area contributed by atoms with Gasteiger partial charge in [0, 0.05) is 11.0 Å². The lowest BCUT2D eigenvalue weighted by molar-refractivity contribution is -0.275. The van der Waals surface area contributed by atoms with Crippen molar-refractivity contribution in [1.82, 2.24) is 0 Å². The molecule has 0 unspecified atom stereocenters. The van der Waals surface area contributed by atoms with Crippen LogP contribution >= 0.6 is 12.6 Å². The zero-order chi connectivity index (χ0) is 12.6. The molecule has 0 aliphatic rings. The van der Waals surface area contributed by atoms with Crippen LogP contribution in [0.15, 0.2) is 28.0 Å². The number of alkyl halides is 3. The van der Waals surface area contributed by atoms with Crippen molar-refractivity contribution in [2.24, 2.45) is 5.14 Å². The summed E-state index contributed by atoms with van der Waals surface area (Å²) >= 11 is 3.69. The van der Waals surface area contributed by atoms with Crippen molar-refractivity contribution in [2.45, 2.75) is 16.2 Å². The van der Waals surface area contributed by atoms with E-state index in [-0.39, 0.29) is 4.90 Å². The average Bonchev–Trinajstić information content (AvgIpc) is 2.04. The van der Waals surface area contributed by atoms with Crippen LogP contribution in [-0.4, -0.2) is 14.8 Å². The van der Waals surface area contributed by atoms with Gasteiger partial charge in [-0.15, -0.1) is 25.8 Å². The van der Waals surface area contributed by atoms with E-state index in [4.69, 9.17) is 5.14 Å². The van der Waals surface area contributed by atoms with Crippen LogP contribution in [0.5, 0.6) is 5.75 Å². The van der Waals surface area contributed by atoms with Crippen molar-refractivity contribution < 1.29 is 26.3 Å². The molecule has 1 aromatic carbocycles. The minimum Gasteiger partial charge on any atom is -0.405 e. The number of sulfonamides is 1. The highest BCUT2D eigenvalue weighted by molar-refractivity contribution is 7.89. The summed E-state index contributed by atoms with van der Waals surface area (Å²) in [5, 5.41) is 4.75. The molecule has 0 aliphatic heterocycles. The van der Waals surface area contributed by atoms with E-state index < -0.39 is 27.0 Å². The average molecular weight is 273 g/mol. The lowest BCUT2D eigenvalue weighted by Crippen LogP contribution is -2.18. The SMILES string of the molecule is NS(=O)(=O)c1ccc(S)c(OC(F)(F)F)c1. The molecule has 0 amide bonds. The van der Waals surface area contributed by atoms with E-state index >= 15 is 0 Å². The number of hydrogen-bond donors (Lipinski definition) is 2. The largest absolute Gasteiger partial charge is 0.573 e. The fourth-order valence-electron chi connectivity index (χ4n) is 0.878. The summed E-state index contributed by atoms with van der Waals surface area (Å²) in [4.78, 5) is -0.630. The van der Waals surface area contributed by atoms with Crippen LogP contribution in [0.4, 0.5) is 13.2 Å². The standard InChI is InChI=1S/C7H6F3NO3S2/c8-7(9,10)14-5-3-4(16(11,12)13)1-2-6(5)15/h1-3,15H,(H2,11,12,13). The van der Waals surface area contributed by atoms with Crippen molar-refractivity contribution >= 4 is 22.7 Å². The Morgan fingerprint density at radius 3 is 2.31 bits per heavy atom. The maximum absolute atomic E-state index is 11.9. The Hall–Kier alpha value is -0.930. The molecule has 0 spiro atoms. The normalized spacial score (nSPS) is 12.6. The van der Waals surface area contributed by atoms with Crippen LogP contribution in [0.25, 0.3) is 0 Å². The van der Waals surface area contributed by atoms with E-state index in [0.29, 0.717) is 6.07 Å². The number of ether oxygens (including phenoxy) is 1. The van der Waals surface area contributed by atoms with Crippen molar-refractivity contribution in [3.8, 4) is 5.75 Å². The Morgan fingerprint density at radius 1 is 1.31 bits per heavy atom. The summed E-state index contributed by atoms with van der Waals surface area (Å²) in [6.07, 6.45) is -4.92. The van der Waals surface area contributed by atoms with Gasteiger partial charge in [0.1, 0.15) is 5.75 Å². The van der Waals surface area contributed by atoms with Crippen LogP contribution < -0.4 is 9.88 Å². The van der Waals surface area contributed by atoms with Gasteiger partial charge in [-0.3, -0.25) is 0 Å². The molecule has 0 atom stereocenters. The summed E-state index contributed by atoms with van der Waals surface area (Å²) in [6.45, 7) is 0. The van der Waals surface area contributed by atoms with E-state index in [2.05, 4.69) is 17.4 Å². The first kappa shape index (κ1) is 13.1. The van der Waals surface area contributed by atoms with Crippen molar-refractivity contribution in [2.75, 3.05) is 0 Å². The Balaban J connectivity index is 3.20. The summed E-state index contributed by atoms with van der Waals surface area (Å²) in [5.74, 6) is -0.720. The Labute approximate surface area is 94.7 Å². The smallest absolute Gasteiger partial charge is 0.405 e. The second-order valence-corrected chi connectivity index (χ2v) is 4.77. The molecule has 0 radical (unpaired) electrons. The zero-order valence-electron chi connectivity index (χ0n) is 7.52. The summed E-state index contributed by atoms with van der Waals surface area (Å²) in [7, 11) is -4.08. The van der Waals surface area contributed by atoms with Crippen molar-refractivity contribution in [1.29, 1.82) is 0 Å². The third-order valence-electron chi connectivity index (χ3n) is 1.49. The summed E-state index contributed by atoms with van der Waals surface area (Å²) in [6, 6.07) is 2.73. The molecule has 2 N–H and O–H groups in total. The van der Waals surface area contributed by atoms with Crippen LogP contribution in [0.3, 0.4) is 0 Å². The summed E-state index contributed by atoms with van der Waals surface area (Å²) in [5.41, 5.74) is 0. The van der Waals surface area contributed by atoms with Crippen molar-refractivity contribution in [3.05, 3.63) is 18.2 Å². The van der Waals surface area contributed by atoms with E-state index in [1.165, 1.54) is 0 Å². The molecule has 0 saturated carbocycles. The lowest BCUT2D eigenvalue weighted by atomic mass is 10.3. The van der Waals surface area contributed by atoms with Gasteiger partial charge in [0.15, 0.2) is 0 Å². The monoisotopic (exact) mass is 273 g/mol. The summed E-state index contributed by atoms with van der Waals surface area (Å²) < 4.78 is 61.1. The molecule has 90 valence electrons. The van der Waals surface area contributed by atoms with Gasteiger partial charge < -0.3 is 4.74 Å². The number of benzene rings is 1. The van der Waals surface area contributed by atoms with E-state index in [1.807, 2.05) is 0 Å². The van der Waals surface area contributed by atoms with Crippen LogP contribution in [0.2, 0.25) is 0 Å². The molecular weight excluding hydrogens is 267 g/mol. The molecular formula is C7H6F3NO3S2. The lowest BCUT2D eigenvalue weighted by Gasteiger charge is -2.11. The van der Waals surface area contributed by atoms with E-state index in [0.717, 1.165) is 12.1 Å². The third kappa shape index (κ3) is 3.58. The highest BCUT2D eigenvalue weighted by atomic mass is 32.2. The van der Waals surface area contributed by atoms with E-state index in [1.54, 1.807) is 0 Å². The molecule has 1 rings (SSSR count). The molecule has 0 heterocycles. The first-order valence-electron chi connectivity index (χ1n) is 3.71. The third-order valence-corrected chi connectivity index (χ3v) is 2.77. The van der Waals surface area contributed by atoms with Gasteiger partial charge in [0.2, 0.25) is 10.0 Å². The predicted molar refractivity (Wildman–Crippen MR) is 51.8 cm³/mol. The first-order chi connectivity index (χ1) is 7.09. The predicted octanol–water partition coefficient (Wildman–Crippen LogP) is 1.52. The number of halogens is 3. The maximum atomic E-state index is 11.9. The Morgan fingerprint density at radius 2 is 1.88 bits per heavy atom. The van der Waals surface area contributed by atoms with E-state index in [9.17, 15) is 21.6 Å². The van der Waals surface area contributed by atoms with Gasteiger partial charge in [-0.05, 0) is 12.1 Å². The van der Waals surface area contributed by atoms with Gasteiger partial charge in [-0.25, -0.2) is 13.6 Å². The van der Waals surface area contributed by atoms with Crippen LogP contribution in [0, 0.1) is 0 Å². The van der Waals surface area contributed by atoms with Crippen molar-refractivity contribution in [3.63, 3.8) is 0 Å². The highest BCUT2D eigenvalue weighted by Gasteiger charge is 2.32.